The van der Waals surface area contributed by atoms with Crippen LogP contribution in [0.25, 0.3) is 0 Å². The molecule has 7 nitrogen and oxygen atoms in total. The highest BCUT2D eigenvalue weighted by molar-refractivity contribution is 6.32. The summed E-state index contributed by atoms with van der Waals surface area (Å²) in [6.45, 7) is 1.57. The molecular weight excluding hydrogens is 334 g/mol. The lowest BCUT2D eigenvalue weighted by Crippen LogP contribution is -2.42. The molecule has 0 atom stereocenters. The zero-order valence-corrected chi connectivity index (χ0v) is 14.6. The van der Waals surface area contributed by atoms with Gasteiger partial charge in [-0.3, -0.25) is 14.5 Å². The summed E-state index contributed by atoms with van der Waals surface area (Å²) in [5, 5.41) is 3.21. The van der Waals surface area contributed by atoms with Gasteiger partial charge in [0.25, 0.3) is 0 Å². The first kappa shape index (κ1) is 18.4. The molecule has 3 N–H and O–H groups in total. The third-order valence-electron chi connectivity index (χ3n) is 4.11. The lowest BCUT2D eigenvalue weighted by atomic mass is 9.96. The molecular formula is C16H22ClN3O4. The molecule has 0 bridgehead atoms. The molecule has 0 unspecified atom stereocenters. The lowest BCUT2D eigenvalue weighted by molar-refractivity contribution is -0.123. The molecule has 1 aliphatic rings. The number of carbonyl (C=O) groups is 2. The van der Waals surface area contributed by atoms with Gasteiger partial charge in [-0.25, -0.2) is 0 Å². The number of hydrogen-bond acceptors (Lipinski definition) is 5. The van der Waals surface area contributed by atoms with Crippen molar-refractivity contribution >= 4 is 29.1 Å². The molecule has 132 valence electrons. The minimum atomic E-state index is -0.267. The third kappa shape index (κ3) is 4.52. The van der Waals surface area contributed by atoms with Crippen molar-refractivity contribution in [2.45, 2.75) is 12.8 Å². The van der Waals surface area contributed by atoms with E-state index in [0.717, 1.165) is 0 Å². The maximum absolute atomic E-state index is 12.3. The highest BCUT2D eigenvalue weighted by Gasteiger charge is 2.24. The number of amides is 2. The predicted molar refractivity (Wildman–Crippen MR) is 91.5 cm³/mol. The maximum atomic E-state index is 12.3. The van der Waals surface area contributed by atoms with Crippen molar-refractivity contribution in [3.8, 4) is 11.5 Å². The Bertz CT molecular complexity index is 616. The molecule has 2 amide bonds. The normalized spacial score (nSPS) is 15.8. The number of primary amides is 1. The zero-order chi connectivity index (χ0) is 17.7. The quantitative estimate of drug-likeness (QED) is 0.806. The average molecular weight is 356 g/mol. The first-order chi connectivity index (χ1) is 11.4. The molecule has 1 fully saturated rings. The van der Waals surface area contributed by atoms with E-state index in [1.54, 1.807) is 12.1 Å². The Morgan fingerprint density at radius 1 is 1.25 bits per heavy atom. The summed E-state index contributed by atoms with van der Waals surface area (Å²) in [4.78, 5) is 25.4. The number of methoxy groups -OCH3 is 2. The third-order valence-corrected chi connectivity index (χ3v) is 4.40. The fourth-order valence-electron chi connectivity index (χ4n) is 2.73. The van der Waals surface area contributed by atoms with Gasteiger partial charge >= 0.3 is 0 Å². The van der Waals surface area contributed by atoms with E-state index in [2.05, 4.69) is 5.32 Å². The molecule has 1 aromatic carbocycles. The second kappa shape index (κ2) is 8.21. The van der Waals surface area contributed by atoms with Crippen molar-refractivity contribution in [2.75, 3.05) is 39.2 Å². The van der Waals surface area contributed by atoms with Crippen molar-refractivity contribution in [1.82, 2.24) is 4.90 Å². The molecule has 0 aromatic heterocycles. The summed E-state index contributed by atoms with van der Waals surface area (Å²) in [7, 11) is 3.00. The number of hydrogen-bond donors (Lipinski definition) is 2. The van der Waals surface area contributed by atoms with Crippen molar-refractivity contribution in [3.05, 3.63) is 17.2 Å². The number of likely N-dealkylation sites (tertiary alicyclic amines) is 1. The predicted octanol–water partition coefficient (Wildman–Crippen LogP) is 1.49. The number of benzene rings is 1. The number of nitrogens with two attached hydrogens (primary N) is 1. The summed E-state index contributed by atoms with van der Waals surface area (Å²) in [6.07, 6.45) is 1.36. The van der Waals surface area contributed by atoms with Gasteiger partial charge in [-0.1, -0.05) is 11.6 Å². The highest BCUT2D eigenvalue weighted by Crippen LogP contribution is 2.35. The molecule has 0 radical (unpaired) electrons. The summed E-state index contributed by atoms with van der Waals surface area (Å²) < 4.78 is 10.4. The molecule has 1 aliphatic heterocycles. The van der Waals surface area contributed by atoms with Crippen LogP contribution >= 0.6 is 11.6 Å². The number of ether oxygens (including phenoxy) is 2. The zero-order valence-electron chi connectivity index (χ0n) is 13.8. The van der Waals surface area contributed by atoms with Crippen molar-refractivity contribution in [3.63, 3.8) is 0 Å². The van der Waals surface area contributed by atoms with Crippen LogP contribution in [0.3, 0.4) is 0 Å². The topological polar surface area (TPSA) is 93.9 Å². The van der Waals surface area contributed by atoms with Crippen molar-refractivity contribution < 1.29 is 19.1 Å². The molecule has 2 rings (SSSR count). The second-order valence-electron chi connectivity index (χ2n) is 5.69. The highest BCUT2D eigenvalue weighted by atomic mass is 35.5. The van der Waals surface area contributed by atoms with Gasteiger partial charge in [0.1, 0.15) is 11.5 Å². The van der Waals surface area contributed by atoms with Crippen LogP contribution in [0.1, 0.15) is 12.8 Å². The number of anilines is 1. The van der Waals surface area contributed by atoms with E-state index in [1.807, 2.05) is 4.90 Å². The molecule has 0 saturated carbocycles. The van der Waals surface area contributed by atoms with E-state index in [4.69, 9.17) is 26.8 Å². The van der Waals surface area contributed by atoms with E-state index in [0.29, 0.717) is 48.1 Å². The number of piperidine rings is 1. The van der Waals surface area contributed by atoms with Gasteiger partial charge < -0.3 is 20.5 Å². The number of nitrogens with zero attached hydrogens (tertiary/aromatic N) is 1. The molecule has 1 aromatic rings. The number of rotatable bonds is 6. The van der Waals surface area contributed by atoms with E-state index in [1.165, 1.54) is 14.2 Å². The summed E-state index contributed by atoms with van der Waals surface area (Å²) in [5.41, 5.74) is 5.81. The summed E-state index contributed by atoms with van der Waals surface area (Å²) in [6, 6.07) is 3.22. The van der Waals surface area contributed by atoms with Gasteiger partial charge in [-0.15, -0.1) is 0 Å². The smallest absolute Gasteiger partial charge is 0.238 e. The Balaban J connectivity index is 1.96. The van der Waals surface area contributed by atoms with E-state index in [-0.39, 0.29) is 24.3 Å². The summed E-state index contributed by atoms with van der Waals surface area (Å²) in [5.74, 6) is 0.383. The first-order valence-corrected chi connectivity index (χ1v) is 8.05. The minimum absolute atomic E-state index is 0.0927. The SMILES string of the molecule is COc1cc(NC(=O)CN2CCC(C(N)=O)CC2)c(OC)cc1Cl. The number of halogens is 1. The molecule has 0 spiro atoms. The Labute approximate surface area is 146 Å². The Hall–Kier alpha value is -1.99. The van der Waals surface area contributed by atoms with E-state index >= 15 is 0 Å². The molecule has 1 saturated heterocycles. The van der Waals surface area contributed by atoms with E-state index < -0.39 is 0 Å². The van der Waals surface area contributed by atoms with Gasteiger partial charge in [-0.05, 0) is 25.9 Å². The Morgan fingerprint density at radius 2 is 1.88 bits per heavy atom. The summed E-state index contributed by atoms with van der Waals surface area (Å²) >= 11 is 6.05. The van der Waals surface area contributed by atoms with Crippen LogP contribution in [-0.2, 0) is 9.59 Å². The molecule has 0 aliphatic carbocycles. The van der Waals surface area contributed by atoms with Crippen molar-refractivity contribution in [1.29, 1.82) is 0 Å². The maximum Gasteiger partial charge on any atom is 0.238 e. The second-order valence-corrected chi connectivity index (χ2v) is 6.10. The molecule has 8 heteroatoms. The molecule has 1 heterocycles. The van der Waals surface area contributed by atoms with Gasteiger partial charge in [-0.2, -0.15) is 0 Å². The Kier molecular flexibility index (Phi) is 6.28. The molecule has 24 heavy (non-hydrogen) atoms. The van der Waals surface area contributed by atoms with Crippen LogP contribution in [0.15, 0.2) is 12.1 Å². The fraction of sp³-hybridized carbons (Fsp3) is 0.500. The standard InChI is InChI=1S/C16H22ClN3O4/c1-23-13-8-12(14(24-2)7-11(13)17)19-15(21)9-20-5-3-10(4-6-20)16(18)22/h7-8,10H,3-6,9H2,1-2H3,(H2,18,22)(H,19,21). The van der Waals surface area contributed by atoms with Crippen LogP contribution in [-0.4, -0.2) is 50.6 Å². The fourth-order valence-corrected chi connectivity index (χ4v) is 2.96. The Morgan fingerprint density at radius 3 is 2.42 bits per heavy atom. The van der Waals surface area contributed by atoms with Gasteiger partial charge in [0.2, 0.25) is 11.8 Å². The van der Waals surface area contributed by atoms with Gasteiger partial charge in [0.15, 0.2) is 0 Å². The van der Waals surface area contributed by atoms with Crippen LogP contribution < -0.4 is 20.5 Å². The largest absolute Gasteiger partial charge is 0.495 e. The van der Waals surface area contributed by atoms with Crippen LogP contribution in [0.5, 0.6) is 11.5 Å². The van der Waals surface area contributed by atoms with Crippen LogP contribution in [0, 0.1) is 5.92 Å². The van der Waals surface area contributed by atoms with Gasteiger partial charge in [0.05, 0.1) is 31.5 Å². The number of carbonyl (C=O) groups excluding carboxylic acids is 2. The van der Waals surface area contributed by atoms with Crippen molar-refractivity contribution in [2.24, 2.45) is 11.7 Å². The first-order valence-electron chi connectivity index (χ1n) is 7.67. The lowest BCUT2D eigenvalue weighted by Gasteiger charge is -2.29. The van der Waals surface area contributed by atoms with Gasteiger partial charge in [0, 0.05) is 18.1 Å². The monoisotopic (exact) mass is 355 g/mol. The average Bonchev–Trinajstić information content (AvgIpc) is 2.56. The van der Waals surface area contributed by atoms with Crippen LogP contribution in [0.4, 0.5) is 5.69 Å². The van der Waals surface area contributed by atoms with E-state index in [9.17, 15) is 9.59 Å². The minimum Gasteiger partial charge on any atom is -0.495 e. The number of nitrogens with one attached hydrogen (secondary N) is 1. The van der Waals surface area contributed by atoms with Crippen LogP contribution in [0.2, 0.25) is 5.02 Å².